The van der Waals surface area contributed by atoms with Crippen LogP contribution in [0, 0.1) is 11.6 Å². The molecular weight excluding hydrogens is 324 g/mol. The Kier molecular flexibility index (Phi) is 4.94. The van der Waals surface area contributed by atoms with Gasteiger partial charge in [-0.3, -0.25) is 15.0 Å². The van der Waals surface area contributed by atoms with Gasteiger partial charge in [-0.15, -0.1) is 11.3 Å². The molecule has 0 bridgehead atoms. The fraction of sp³-hybridized carbons (Fsp3) is 0.333. The summed E-state index contributed by atoms with van der Waals surface area (Å²) in [6, 6.07) is 2.76. The number of aromatic nitrogens is 1. The highest BCUT2D eigenvalue weighted by Gasteiger charge is 2.16. The number of nitrogens with zero attached hydrogens (tertiary/aromatic N) is 2. The molecule has 1 aromatic carbocycles. The Balaban J connectivity index is 1.64. The Labute approximate surface area is 135 Å². The number of thiazole rings is 1. The van der Waals surface area contributed by atoms with Crippen LogP contribution in [0.4, 0.5) is 13.9 Å². The van der Waals surface area contributed by atoms with Crippen LogP contribution in [0.1, 0.15) is 16.1 Å². The zero-order valence-electron chi connectivity index (χ0n) is 12.2. The van der Waals surface area contributed by atoms with E-state index in [0.717, 1.165) is 37.0 Å². The third-order valence-corrected chi connectivity index (χ3v) is 4.24. The van der Waals surface area contributed by atoms with Gasteiger partial charge in [0, 0.05) is 25.0 Å². The van der Waals surface area contributed by atoms with Crippen molar-refractivity contribution in [3.05, 3.63) is 46.5 Å². The summed E-state index contributed by atoms with van der Waals surface area (Å²) in [5.41, 5.74) is 0.488. The number of halogens is 2. The van der Waals surface area contributed by atoms with Crippen molar-refractivity contribution in [3.8, 4) is 0 Å². The van der Waals surface area contributed by atoms with E-state index in [1.807, 2.05) is 5.38 Å². The Bertz CT molecular complexity index is 702. The largest absolute Gasteiger partial charge is 0.379 e. The number of hydrogen-bond donors (Lipinski definition) is 1. The Hall–Kier alpha value is -1.90. The lowest BCUT2D eigenvalue weighted by molar-refractivity contribution is 0.0337. The second-order valence-corrected chi connectivity index (χ2v) is 5.97. The molecule has 1 aliphatic heterocycles. The maximum absolute atomic E-state index is 13.6. The standard InChI is InChI=1S/C15H15F2N3O2S/c16-10-1-2-13(17)12(7-10)14(21)19-15-18-11(9-23-15)8-20-3-5-22-6-4-20/h1-2,7,9H,3-6,8H2,(H,18,19,21). The molecule has 0 spiro atoms. The van der Waals surface area contributed by atoms with E-state index >= 15 is 0 Å². The number of carbonyl (C=O) groups excluding carboxylic acids is 1. The molecule has 2 heterocycles. The molecule has 5 nitrogen and oxygen atoms in total. The molecule has 1 N–H and O–H groups in total. The fourth-order valence-electron chi connectivity index (χ4n) is 2.26. The van der Waals surface area contributed by atoms with E-state index in [-0.39, 0.29) is 5.56 Å². The van der Waals surface area contributed by atoms with Crippen LogP contribution < -0.4 is 5.32 Å². The molecule has 23 heavy (non-hydrogen) atoms. The SMILES string of the molecule is O=C(Nc1nc(CN2CCOCC2)cs1)c1cc(F)ccc1F. The van der Waals surface area contributed by atoms with Crippen molar-refractivity contribution in [1.29, 1.82) is 0 Å². The average Bonchev–Trinajstić information content (AvgIpc) is 2.97. The van der Waals surface area contributed by atoms with Crippen molar-refractivity contribution in [2.45, 2.75) is 6.54 Å². The molecule has 0 radical (unpaired) electrons. The van der Waals surface area contributed by atoms with Crippen LogP contribution in [-0.4, -0.2) is 42.1 Å². The summed E-state index contributed by atoms with van der Waals surface area (Å²) in [5, 5.41) is 4.71. The minimum Gasteiger partial charge on any atom is -0.379 e. The molecule has 0 aliphatic carbocycles. The summed E-state index contributed by atoms with van der Waals surface area (Å²) in [5.74, 6) is -2.15. The van der Waals surface area contributed by atoms with E-state index in [9.17, 15) is 13.6 Å². The highest BCUT2D eigenvalue weighted by atomic mass is 32.1. The van der Waals surface area contributed by atoms with Crippen molar-refractivity contribution >= 4 is 22.4 Å². The molecule has 1 aromatic heterocycles. The predicted molar refractivity (Wildman–Crippen MR) is 82.5 cm³/mol. The first-order valence-electron chi connectivity index (χ1n) is 7.13. The van der Waals surface area contributed by atoms with E-state index in [1.54, 1.807) is 0 Å². The monoisotopic (exact) mass is 339 g/mol. The van der Waals surface area contributed by atoms with Gasteiger partial charge >= 0.3 is 0 Å². The fourth-order valence-corrected chi connectivity index (χ4v) is 2.96. The van der Waals surface area contributed by atoms with E-state index in [0.29, 0.717) is 24.9 Å². The van der Waals surface area contributed by atoms with Gasteiger partial charge in [0.25, 0.3) is 5.91 Å². The molecule has 1 amide bonds. The summed E-state index contributed by atoms with van der Waals surface area (Å²) in [6.45, 7) is 3.75. The van der Waals surface area contributed by atoms with Crippen LogP contribution in [0.2, 0.25) is 0 Å². The number of amides is 1. The Morgan fingerprint density at radius 2 is 2.13 bits per heavy atom. The van der Waals surface area contributed by atoms with Gasteiger partial charge in [0.1, 0.15) is 11.6 Å². The molecule has 8 heteroatoms. The van der Waals surface area contributed by atoms with Gasteiger partial charge < -0.3 is 4.74 Å². The number of morpholine rings is 1. The van der Waals surface area contributed by atoms with Crippen LogP contribution in [0.15, 0.2) is 23.6 Å². The first-order chi connectivity index (χ1) is 11.1. The third-order valence-electron chi connectivity index (χ3n) is 3.43. The lowest BCUT2D eigenvalue weighted by atomic mass is 10.2. The van der Waals surface area contributed by atoms with E-state index in [4.69, 9.17) is 4.74 Å². The molecule has 1 saturated heterocycles. The Morgan fingerprint density at radius 3 is 2.91 bits per heavy atom. The summed E-state index contributed by atoms with van der Waals surface area (Å²) in [4.78, 5) is 18.5. The average molecular weight is 339 g/mol. The quantitative estimate of drug-likeness (QED) is 0.930. The first kappa shape index (κ1) is 16.0. The van der Waals surface area contributed by atoms with Crippen LogP contribution in [-0.2, 0) is 11.3 Å². The smallest absolute Gasteiger partial charge is 0.260 e. The molecule has 1 fully saturated rings. The van der Waals surface area contributed by atoms with Gasteiger partial charge in [-0.1, -0.05) is 0 Å². The normalized spacial score (nSPS) is 15.6. The van der Waals surface area contributed by atoms with Gasteiger partial charge in [0.2, 0.25) is 0 Å². The zero-order valence-corrected chi connectivity index (χ0v) is 13.0. The van der Waals surface area contributed by atoms with Gasteiger partial charge in [-0.25, -0.2) is 13.8 Å². The highest BCUT2D eigenvalue weighted by Crippen LogP contribution is 2.19. The number of ether oxygens (including phenoxy) is 1. The number of benzene rings is 1. The van der Waals surface area contributed by atoms with Crippen molar-refractivity contribution < 1.29 is 18.3 Å². The molecule has 0 saturated carbocycles. The van der Waals surface area contributed by atoms with Crippen LogP contribution in [0.25, 0.3) is 0 Å². The van der Waals surface area contributed by atoms with Gasteiger partial charge in [0.05, 0.1) is 24.5 Å². The molecule has 3 rings (SSSR count). The van der Waals surface area contributed by atoms with E-state index in [2.05, 4.69) is 15.2 Å². The number of anilines is 1. The number of hydrogen-bond acceptors (Lipinski definition) is 5. The molecular formula is C15H15F2N3O2S. The maximum Gasteiger partial charge on any atom is 0.260 e. The summed E-state index contributed by atoms with van der Waals surface area (Å²) in [7, 11) is 0. The van der Waals surface area contributed by atoms with Crippen molar-refractivity contribution in [1.82, 2.24) is 9.88 Å². The van der Waals surface area contributed by atoms with Crippen molar-refractivity contribution in [3.63, 3.8) is 0 Å². The minimum atomic E-state index is -0.769. The van der Waals surface area contributed by atoms with Gasteiger partial charge in [0.15, 0.2) is 5.13 Å². The zero-order chi connectivity index (χ0) is 16.2. The summed E-state index contributed by atoms with van der Waals surface area (Å²) >= 11 is 1.25. The molecule has 122 valence electrons. The minimum absolute atomic E-state index is 0.338. The van der Waals surface area contributed by atoms with Crippen LogP contribution in [0.3, 0.4) is 0 Å². The lowest BCUT2D eigenvalue weighted by Crippen LogP contribution is -2.35. The summed E-state index contributed by atoms with van der Waals surface area (Å²) in [6.07, 6.45) is 0. The lowest BCUT2D eigenvalue weighted by Gasteiger charge is -2.25. The Morgan fingerprint density at radius 1 is 1.35 bits per heavy atom. The highest BCUT2D eigenvalue weighted by molar-refractivity contribution is 7.13. The van der Waals surface area contributed by atoms with E-state index < -0.39 is 17.5 Å². The summed E-state index contributed by atoms with van der Waals surface area (Å²) < 4.78 is 32.0. The van der Waals surface area contributed by atoms with Crippen molar-refractivity contribution in [2.24, 2.45) is 0 Å². The predicted octanol–water partition coefficient (Wildman–Crippen LogP) is 2.51. The first-order valence-corrected chi connectivity index (χ1v) is 8.01. The number of carbonyl (C=O) groups is 1. The number of rotatable bonds is 4. The van der Waals surface area contributed by atoms with Crippen molar-refractivity contribution in [2.75, 3.05) is 31.6 Å². The molecule has 0 atom stereocenters. The second kappa shape index (κ2) is 7.12. The van der Waals surface area contributed by atoms with Gasteiger partial charge in [-0.05, 0) is 18.2 Å². The van der Waals surface area contributed by atoms with Gasteiger partial charge in [-0.2, -0.15) is 0 Å². The van der Waals surface area contributed by atoms with Crippen LogP contribution in [0.5, 0.6) is 0 Å². The number of nitrogens with one attached hydrogen (secondary N) is 1. The van der Waals surface area contributed by atoms with E-state index in [1.165, 1.54) is 11.3 Å². The second-order valence-electron chi connectivity index (χ2n) is 5.11. The topological polar surface area (TPSA) is 54.5 Å². The van der Waals surface area contributed by atoms with Crippen LogP contribution >= 0.6 is 11.3 Å². The molecule has 0 unspecified atom stereocenters. The third kappa shape index (κ3) is 4.10. The molecule has 2 aromatic rings. The molecule has 1 aliphatic rings. The maximum atomic E-state index is 13.6.